The van der Waals surface area contributed by atoms with Gasteiger partial charge < -0.3 is 14.8 Å². The molecular formula is C22H31N3O. The van der Waals surface area contributed by atoms with Gasteiger partial charge in [-0.3, -0.25) is 4.79 Å². The first kappa shape index (κ1) is 17.6. The molecule has 0 unspecified atom stereocenters. The van der Waals surface area contributed by atoms with Crippen LogP contribution in [0.1, 0.15) is 62.4 Å². The molecule has 2 aliphatic rings. The summed E-state index contributed by atoms with van der Waals surface area (Å²) in [7, 11) is 0. The van der Waals surface area contributed by atoms with Crippen LogP contribution in [0.4, 0.5) is 0 Å². The molecule has 1 aromatic heterocycles. The Morgan fingerprint density at radius 3 is 2.85 bits per heavy atom. The summed E-state index contributed by atoms with van der Waals surface area (Å²) in [5.74, 6) is 0.677. The Bertz CT molecular complexity index is 777. The maximum absolute atomic E-state index is 12.7. The van der Waals surface area contributed by atoms with Gasteiger partial charge in [-0.15, -0.1) is 0 Å². The SMILES string of the molecule is CC(C)n1ccc2cc(C(=O)NC[C@H]3CCCN4CCCC[C@@H]34)ccc21. The van der Waals surface area contributed by atoms with E-state index in [2.05, 4.69) is 47.0 Å². The van der Waals surface area contributed by atoms with Gasteiger partial charge in [0.25, 0.3) is 5.91 Å². The van der Waals surface area contributed by atoms with E-state index >= 15 is 0 Å². The van der Waals surface area contributed by atoms with Crippen LogP contribution in [0.15, 0.2) is 30.5 Å². The van der Waals surface area contributed by atoms with E-state index < -0.39 is 0 Å². The van der Waals surface area contributed by atoms with Gasteiger partial charge in [-0.2, -0.15) is 0 Å². The summed E-state index contributed by atoms with van der Waals surface area (Å²) in [4.78, 5) is 15.4. The predicted octanol–water partition coefficient (Wildman–Crippen LogP) is 4.22. The Morgan fingerprint density at radius 1 is 1.15 bits per heavy atom. The fourth-order valence-electron chi connectivity index (χ4n) is 4.90. The summed E-state index contributed by atoms with van der Waals surface area (Å²) in [6, 6.07) is 9.28. The number of amides is 1. The Labute approximate surface area is 156 Å². The van der Waals surface area contributed by atoms with Crippen molar-refractivity contribution >= 4 is 16.8 Å². The third-order valence-corrected chi connectivity index (χ3v) is 6.29. The van der Waals surface area contributed by atoms with Crippen LogP contribution in [-0.2, 0) is 0 Å². The highest BCUT2D eigenvalue weighted by molar-refractivity contribution is 5.98. The molecular weight excluding hydrogens is 322 g/mol. The van der Waals surface area contributed by atoms with Crippen molar-refractivity contribution in [3.8, 4) is 0 Å². The van der Waals surface area contributed by atoms with Crippen molar-refractivity contribution in [2.75, 3.05) is 19.6 Å². The molecule has 4 rings (SSSR count). The number of hydrogen-bond donors (Lipinski definition) is 1. The van der Waals surface area contributed by atoms with E-state index in [0.717, 1.165) is 17.5 Å². The number of nitrogens with zero attached hydrogens (tertiary/aromatic N) is 2. The summed E-state index contributed by atoms with van der Waals surface area (Å²) in [5, 5.41) is 4.36. The lowest BCUT2D eigenvalue weighted by Crippen LogP contribution is -2.51. The number of carbonyl (C=O) groups excluding carboxylic acids is 1. The third kappa shape index (κ3) is 3.39. The zero-order valence-electron chi connectivity index (χ0n) is 16.1. The van der Waals surface area contributed by atoms with Gasteiger partial charge in [0.2, 0.25) is 0 Å². The fourth-order valence-corrected chi connectivity index (χ4v) is 4.90. The number of aromatic nitrogens is 1. The average molecular weight is 354 g/mol. The summed E-state index contributed by atoms with van der Waals surface area (Å²) >= 11 is 0. The number of benzene rings is 1. The van der Waals surface area contributed by atoms with E-state index in [1.165, 1.54) is 50.7 Å². The van der Waals surface area contributed by atoms with Gasteiger partial charge in [-0.1, -0.05) is 6.42 Å². The first-order valence-electron chi connectivity index (χ1n) is 10.3. The molecule has 2 fully saturated rings. The van der Waals surface area contributed by atoms with Gasteiger partial charge in [0, 0.05) is 41.3 Å². The zero-order valence-corrected chi connectivity index (χ0v) is 16.1. The van der Waals surface area contributed by atoms with Crippen LogP contribution in [0, 0.1) is 5.92 Å². The number of carbonyl (C=O) groups is 1. The van der Waals surface area contributed by atoms with Gasteiger partial charge in [0.15, 0.2) is 0 Å². The van der Waals surface area contributed by atoms with Crippen molar-refractivity contribution < 1.29 is 4.79 Å². The molecule has 0 spiro atoms. The molecule has 1 N–H and O–H groups in total. The number of fused-ring (bicyclic) bond motifs is 2. The van der Waals surface area contributed by atoms with E-state index in [9.17, 15) is 4.79 Å². The van der Waals surface area contributed by atoms with Crippen LogP contribution in [-0.4, -0.2) is 41.1 Å². The molecule has 0 aliphatic carbocycles. The molecule has 4 nitrogen and oxygen atoms in total. The summed E-state index contributed by atoms with van der Waals surface area (Å²) in [5.41, 5.74) is 1.97. The minimum atomic E-state index is 0.0668. The highest BCUT2D eigenvalue weighted by Crippen LogP contribution is 2.30. The normalized spacial score (nSPS) is 24.0. The lowest BCUT2D eigenvalue weighted by Gasteiger charge is -2.44. The molecule has 2 aliphatic heterocycles. The third-order valence-electron chi connectivity index (χ3n) is 6.29. The maximum Gasteiger partial charge on any atom is 0.251 e. The molecule has 2 atom stereocenters. The van der Waals surface area contributed by atoms with Gasteiger partial charge >= 0.3 is 0 Å². The summed E-state index contributed by atoms with van der Waals surface area (Å²) < 4.78 is 2.25. The molecule has 140 valence electrons. The largest absolute Gasteiger partial charge is 0.352 e. The summed E-state index contributed by atoms with van der Waals surface area (Å²) in [6.45, 7) is 7.67. The van der Waals surface area contributed by atoms with E-state index in [1.807, 2.05) is 12.1 Å². The van der Waals surface area contributed by atoms with Crippen LogP contribution < -0.4 is 5.32 Å². The number of rotatable bonds is 4. The lowest BCUT2D eigenvalue weighted by molar-refractivity contribution is 0.0575. The molecule has 2 saturated heterocycles. The molecule has 4 heteroatoms. The first-order chi connectivity index (χ1) is 12.6. The predicted molar refractivity (Wildman–Crippen MR) is 107 cm³/mol. The van der Waals surface area contributed by atoms with Gasteiger partial charge in [-0.25, -0.2) is 0 Å². The van der Waals surface area contributed by atoms with Crippen LogP contribution in [0.3, 0.4) is 0 Å². The highest BCUT2D eigenvalue weighted by Gasteiger charge is 2.32. The van der Waals surface area contributed by atoms with Crippen LogP contribution >= 0.6 is 0 Å². The molecule has 3 heterocycles. The molecule has 1 amide bonds. The second kappa shape index (κ2) is 7.43. The smallest absolute Gasteiger partial charge is 0.251 e. The van der Waals surface area contributed by atoms with Crippen molar-refractivity contribution in [3.05, 3.63) is 36.0 Å². The maximum atomic E-state index is 12.7. The van der Waals surface area contributed by atoms with Crippen molar-refractivity contribution in [3.63, 3.8) is 0 Å². The van der Waals surface area contributed by atoms with Crippen molar-refractivity contribution in [2.24, 2.45) is 5.92 Å². The first-order valence-corrected chi connectivity index (χ1v) is 10.3. The van der Waals surface area contributed by atoms with Crippen molar-refractivity contribution in [1.29, 1.82) is 0 Å². The average Bonchev–Trinajstić information content (AvgIpc) is 3.09. The van der Waals surface area contributed by atoms with Gasteiger partial charge in [-0.05, 0) is 82.8 Å². The molecule has 1 aromatic carbocycles. The van der Waals surface area contributed by atoms with Crippen molar-refractivity contribution in [1.82, 2.24) is 14.8 Å². The number of hydrogen-bond acceptors (Lipinski definition) is 2. The van der Waals surface area contributed by atoms with Crippen LogP contribution in [0.25, 0.3) is 10.9 Å². The van der Waals surface area contributed by atoms with Gasteiger partial charge in [0.1, 0.15) is 0 Å². The second-order valence-electron chi connectivity index (χ2n) is 8.30. The topological polar surface area (TPSA) is 37.3 Å². The minimum Gasteiger partial charge on any atom is -0.352 e. The molecule has 0 bridgehead atoms. The van der Waals surface area contributed by atoms with E-state index in [1.54, 1.807) is 0 Å². The second-order valence-corrected chi connectivity index (χ2v) is 8.30. The number of piperidine rings is 2. The molecule has 0 radical (unpaired) electrons. The highest BCUT2D eigenvalue weighted by atomic mass is 16.1. The Hall–Kier alpha value is -1.81. The molecule has 26 heavy (non-hydrogen) atoms. The van der Waals surface area contributed by atoms with Crippen molar-refractivity contribution in [2.45, 2.75) is 58.0 Å². The lowest BCUT2D eigenvalue weighted by atomic mass is 9.83. The Kier molecular flexibility index (Phi) is 5.03. The molecule has 0 saturated carbocycles. The minimum absolute atomic E-state index is 0.0668. The standard InChI is InChI=1S/C22H31N3O/c1-16(2)25-13-10-17-14-18(8-9-21(17)25)22(26)23-15-19-6-5-12-24-11-4-3-7-20(19)24/h8-10,13-14,16,19-20H,3-7,11-12,15H2,1-2H3,(H,23,26)/t19-,20+/m1/s1. The van der Waals surface area contributed by atoms with Gasteiger partial charge in [0.05, 0.1) is 0 Å². The Morgan fingerprint density at radius 2 is 2.00 bits per heavy atom. The summed E-state index contributed by atoms with van der Waals surface area (Å²) in [6.07, 6.45) is 8.61. The van der Waals surface area contributed by atoms with E-state index in [4.69, 9.17) is 0 Å². The van der Waals surface area contributed by atoms with E-state index in [0.29, 0.717) is 18.0 Å². The number of nitrogens with one attached hydrogen (secondary N) is 1. The Balaban J connectivity index is 1.42. The van der Waals surface area contributed by atoms with E-state index in [-0.39, 0.29) is 5.91 Å². The quantitative estimate of drug-likeness (QED) is 0.894. The molecule has 2 aromatic rings. The van der Waals surface area contributed by atoms with Crippen LogP contribution in [0.2, 0.25) is 0 Å². The zero-order chi connectivity index (χ0) is 18.1. The van der Waals surface area contributed by atoms with Crippen LogP contribution in [0.5, 0.6) is 0 Å². The monoisotopic (exact) mass is 353 g/mol. The fraction of sp³-hybridized carbons (Fsp3) is 0.591.